The van der Waals surface area contributed by atoms with E-state index in [1.165, 1.54) is 12.1 Å². The Kier molecular flexibility index (Phi) is 4.23. The molecule has 0 saturated carbocycles. The van der Waals surface area contributed by atoms with Gasteiger partial charge in [0.15, 0.2) is 0 Å². The smallest absolute Gasteiger partial charge is 0.251 e. The summed E-state index contributed by atoms with van der Waals surface area (Å²) in [5, 5.41) is 3.39. The van der Waals surface area contributed by atoms with Crippen molar-refractivity contribution >= 4 is 34.8 Å². The highest BCUT2D eigenvalue weighted by atomic mass is 35.5. The van der Waals surface area contributed by atoms with Crippen LogP contribution in [0.25, 0.3) is 0 Å². The summed E-state index contributed by atoms with van der Waals surface area (Å²) in [6.45, 7) is 3.20. The summed E-state index contributed by atoms with van der Waals surface area (Å²) in [7, 11) is 0. The van der Waals surface area contributed by atoms with Crippen LogP contribution in [-0.2, 0) is 4.74 Å². The van der Waals surface area contributed by atoms with E-state index in [1.807, 2.05) is 6.92 Å². The first-order chi connectivity index (χ1) is 8.91. The Morgan fingerprint density at radius 3 is 2.63 bits per heavy atom. The maximum absolute atomic E-state index is 12.0. The second-order valence-corrected chi connectivity index (χ2v) is 5.75. The molecule has 1 atom stereocenters. The first kappa shape index (κ1) is 14.4. The molecule has 1 unspecified atom stereocenters. The van der Waals surface area contributed by atoms with Crippen LogP contribution >= 0.6 is 23.2 Å². The molecule has 0 spiro atoms. The van der Waals surface area contributed by atoms with Gasteiger partial charge in [0.1, 0.15) is 0 Å². The molecule has 6 heteroatoms. The van der Waals surface area contributed by atoms with Gasteiger partial charge >= 0.3 is 0 Å². The van der Waals surface area contributed by atoms with E-state index >= 15 is 0 Å². The average Bonchev–Trinajstić information content (AvgIpc) is 2.80. The maximum Gasteiger partial charge on any atom is 0.251 e. The van der Waals surface area contributed by atoms with Gasteiger partial charge in [-0.2, -0.15) is 0 Å². The number of carbonyl (C=O) groups excluding carboxylic acids is 1. The molecule has 2 rings (SSSR count). The Bertz CT molecular complexity index is 476. The third-order valence-corrected chi connectivity index (χ3v) is 3.89. The van der Waals surface area contributed by atoms with Crippen LogP contribution in [0.5, 0.6) is 0 Å². The number of anilines is 1. The lowest BCUT2D eigenvalue weighted by Gasteiger charge is -2.23. The first-order valence-corrected chi connectivity index (χ1v) is 6.83. The maximum atomic E-state index is 12.0. The highest BCUT2D eigenvalue weighted by Gasteiger charge is 2.30. The van der Waals surface area contributed by atoms with Gasteiger partial charge in [-0.3, -0.25) is 4.79 Å². The van der Waals surface area contributed by atoms with Gasteiger partial charge < -0.3 is 15.8 Å². The minimum atomic E-state index is -0.281. The van der Waals surface area contributed by atoms with Crippen LogP contribution in [0, 0.1) is 0 Å². The van der Waals surface area contributed by atoms with E-state index in [0.717, 1.165) is 19.4 Å². The Hall–Kier alpha value is -0.970. The number of hydrogen-bond donors (Lipinski definition) is 2. The van der Waals surface area contributed by atoms with Crippen molar-refractivity contribution in [1.29, 1.82) is 0 Å². The molecule has 3 N–H and O–H groups in total. The summed E-state index contributed by atoms with van der Waals surface area (Å²) in [5.74, 6) is -0.236. The summed E-state index contributed by atoms with van der Waals surface area (Å²) < 4.78 is 5.61. The molecule has 1 saturated heterocycles. The number of carbonyl (C=O) groups is 1. The summed E-state index contributed by atoms with van der Waals surface area (Å²) in [6, 6.07) is 3.02. The van der Waals surface area contributed by atoms with Crippen LogP contribution in [-0.4, -0.2) is 24.7 Å². The molecule has 1 fully saturated rings. The van der Waals surface area contributed by atoms with E-state index in [-0.39, 0.29) is 27.2 Å². The molecular weight excluding hydrogens is 287 g/mol. The molecule has 1 heterocycles. The second kappa shape index (κ2) is 5.57. The van der Waals surface area contributed by atoms with E-state index in [1.54, 1.807) is 0 Å². The van der Waals surface area contributed by atoms with Crippen molar-refractivity contribution in [2.45, 2.75) is 25.4 Å². The largest absolute Gasteiger partial charge is 0.396 e. The molecule has 0 aromatic heterocycles. The van der Waals surface area contributed by atoms with Crippen LogP contribution in [0.1, 0.15) is 30.1 Å². The molecule has 1 aliphatic heterocycles. The van der Waals surface area contributed by atoms with Crippen molar-refractivity contribution in [2.75, 3.05) is 18.9 Å². The van der Waals surface area contributed by atoms with Gasteiger partial charge in [0.2, 0.25) is 0 Å². The lowest BCUT2D eigenvalue weighted by atomic mass is 10.0. The van der Waals surface area contributed by atoms with E-state index in [9.17, 15) is 4.79 Å². The Morgan fingerprint density at radius 2 is 2.11 bits per heavy atom. The monoisotopic (exact) mass is 302 g/mol. The van der Waals surface area contributed by atoms with Crippen LogP contribution in [0.15, 0.2) is 12.1 Å². The summed E-state index contributed by atoms with van der Waals surface area (Å²) >= 11 is 11.8. The molecule has 104 valence electrons. The zero-order chi connectivity index (χ0) is 14.0. The Morgan fingerprint density at radius 1 is 1.47 bits per heavy atom. The number of benzene rings is 1. The molecule has 1 amide bonds. The van der Waals surface area contributed by atoms with Crippen molar-refractivity contribution in [3.05, 3.63) is 27.7 Å². The number of ether oxygens (including phenoxy) is 1. The number of hydrogen-bond acceptors (Lipinski definition) is 3. The molecule has 1 aromatic carbocycles. The van der Waals surface area contributed by atoms with E-state index < -0.39 is 0 Å². The van der Waals surface area contributed by atoms with Gasteiger partial charge in [0.25, 0.3) is 5.91 Å². The number of nitrogen functional groups attached to an aromatic ring is 1. The van der Waals surface area contributed by atoms with E-state index in [2.05, 4.69) is 5.32 Å². The van der Waals surface area contributed by atoms with Crippen molar-refractivity contribution in [1.82, 2.24) is 5.32 Å². The lowest BCUT2D eigenvalue weighted by Crippen LogP contribution is -2.40. The zero-order valence-corrected chi connectivity index (χ0v) is 12.1. The molecule has 0 radical (unpaired) electrons. The van der Waals surface area contributed by atoms with E-state index in [4.69, 9.17) is 33.7 Å². The number of nitrogens with one attached hydrogen (secondary N) is 1. The van der Waals surface area contributed by atoms with E-state index in [0.29, 0.717) is 12.1 Å². The quantitative estimate of drug-likeness (QED) is 0.844. The van der Waals surface area contributed by atoms with Crippen LogP contribution in [0.4, 0.5) is 5.69 Å². The fourth-order valence-electron chi connectivity index (χ4n) is 2.06. The van der Waals surface area contributed by atoms with Crippen molar-refractivity contribution in [3.8, 4) is 0 Å². The fraction of sp³-hybridized carbons (Fsp3) is 0.462. The summed E-state index contributed by atoms with van der Waals surface area (Å²) in [6.07, 6.45) is 1.96. The molecule has 0 bridgehead atoms. The zero-order valence-electron chi connectivity index (χ0n) is 10.6. The van der Waals surface area contributed by atoms with Gasteiger partial charge in [-0.25, -0.2) is 0 Å². The van der Waals surface area contributed by atoms with Crippen LogP contribution in [0.3, 0.4) is 0 Å². The third-order valence-electron chi connectivity index (χ3n) is 3.26. The molecular formula is C13H16Cl2N2O2. The van der Waals surface area contributed by atoms with Gasteiger partial charge in [0.05, 0.1) is 21.3 Å². The molecule has 19 heavy (non-hydrogen) atoms. The number of halogens is 2. The second-order valence-electron chi connectivity index (χ2n) is 4.94. The van der Waals surface area contributed by atoms with Gasteiger partial charge in [-0.1, -0.05) is 23.2 Å². The van der Waals surface area contributed by atoms with Gasteiger partial charge in [0, 0.05) is 18.7 Å². The predicted molar refractivity (Wildman–Crippen MR) is 76.8 cm³/mol. The standard InChI is InChI=1S/C13H16Cl2N2O2/c1-13(3-2-4-19-13)7-17-12(18)8-5-9(14)11(16)10(15)6-8/h5-6H,2-4,7,16H2,1H3,(H,17,18). The van der Waals surface area contributed by atoms with Crippen LogP contribution in [0.2, 0.25) is 10.0 Å². The topological polar surface area (TPSA) is 64.4 Å². The third kappa shape index (κ3) is 3.32. The molecule has 1 aromatic rings. The van der Waals surface area contributed by atoms with Gasteiger partial charge in [-0.15, -0.1) is 0 Å². The predicted octanol–water partition coefficient (Wildman–Crippen LogP) is 2.87. The highest BCUT2D eigenvalue weighted by Crippen LogP contribution is 2.29. The lowest BCUT2D eigenvalue weighted by molar-refractivity contribution is 0.0206. The minimum absolute atomic E-state index is 0.236. The highest BCUT2D eigenvalue weighted by molar-refractivity contribution is 6.39. The SMILES string of the molecule is CC1(CNC(=O)c2cc(Cl)c(N)c(Cl)c2)CCCO1. The minimum Gasteiger partial charge on any atom is -0.396 e. The Labute approximate surface area is 122 Å². The molecule has 0 aliphatic carbocycles. The summed E-state index contributed by atoms with van der Waals surface area (Å²) in [4.78, 5) is 12.0. The number of rotatable bonds is 3. The fourth-order valence-corrected chi connectivity index (χ4v) is 2.55. The van der Waals surface area contributed by atoms with Gasteiger partial charge in [-0.05, 0) is 31.9 Å². The van der Waals surface area contributed by atoms with Crippen molar-refractivity contribution in [2.24, 2.45) is 0 Å². The number of nitrogens with two attached hydrogens (primary N) is 1. The number of amides is 1. The summed E-state index contributed by atoms with van der Waals surface area (Å²) in [5.41, 5.74) is 6.03. The average molecular weight is 303 g/mol. The van der Waals surface area contributed by atoms with Crippen molar-refractivity contribution < 1.29 is 9.53 Å². The normalized spacial score (nSPS) is 22.5. The Balaban J connectivity index is 2.04. The van der Waals surface area contributed by atoms with Crippen molar-refractivity contribution in [3.63, 3.8) is 0 Å². The molecule has 4 nitrogen and oxygen atoms in total. The first-order valence-electron chi connectivity index (χ1n) is 6.08. The molecule has 1 aliphatic rings. The van der Waals surface area contributed by atoms with Crippen LogP contribution < -0.4 is 11.1 Å².